The Hall–Kier alpha value is -2.27. The maximum Gasteiger partial charge on any atom is 0.227 e. The average Bonchev–Trinajstić information content (AvgIpc) is 3.13. The first kappa shape index (κ1) is 18.7. The third-order valence-corrected chi connectivity index (χ3v) is 9.55. The van der Waals surface area contributed by atoms with E-state index in [0.717, 1.165) is 54.0 Å². The van der Waals surface area contributed by atoms with Crippen molar-refractivity contribution in [2.75, 3.05) is 13.1 Å². The number of aromatic nitrogens is 2. The number of aryl methyl sites for hydroxylation is 1. The number of para-hydroxylation sites is 1. The van der Waals surface area contributed by atoms with E-state index in [-0.39, 0.29) is 0 Å². The third-order valence-electron chi connectivity index (χ3n) is 5.43. The normalized spacial score (nSPS) is 21.9. The highest BCUT2D eigenvalue weighted by atomic mass is 32.4. The zero-order valence-corrected chi connectivity index (χ0v) is 18.1. The lowest BCUT2D eigenvalue weighted by atomic mass is 10.2. The van der Waals surface area contributed by atoms with E-state index in [2.05, 4.69) is 4.67 Å². The van der Waals surface area contributed by atoms with Crippen LogP contribution in [0, 0.1) is 6.92 Å². The Balaban J connectivity index is 1.73. The molecule has 0 bridgehead atoms. The monoisotopic (exact) mass is 422 g/mol. The maximum absolute atomic E-state index is 6.60. The molecule has 148 valence electrons. The summed E-state index contributed by atoms with van der Waals surface area (Å²) in [5.41, 5.74) is 2.84. The summed E-state index contributed by atoms with van der Waals surface area (Å²) in [5, 5.41) is 5.84. The second kappa shape index (κ2) is 7.52. The fourth-order valence-corrected chi connectivity index (χ4v) is 7.88. The van der Waals surface area contributed by atoms with Gasteiger partial charge in [0.25, 0.3) is 0 Å². The fraction of sp³-hybridized carbons (Fsp3) is 0.273. The molecule has 0 saturated carbocycles. The summed E-state index contributed by atoms with van der Waals surface area (Å²) >= 11 is 6.34. The third kappa shape index (κ3) is 3.25. The van der Waals surface area contributed by atoms with Gasteiger partial charge in [0.1, 0.15) is 5.30 Å². The molecule has 0 aliphatic carbocycles. The number of rotatable bonds is 3. The number of hydrogen-bond acceptors (Lipinski definition) is 4. The molecule has 2 aliphatic heterocycles. The van der Waals surface area contributed by atoms with Crippen molar-refractivity contribution in [3.63, 3.8) is 0 Å². The van der Waals surface area contributed by atoms with Gasteiger partial charge in [-0.15, -0.1) is 0 Å². The predicted octanol–water partition coefficient (Wildman–Crippen LogP) is 4.71. The molecule has 0 amide bonds. The van der Waals surface area contributed by atoms with Gasteiger partial charge in [0.15, 0.2) is 5.82 Å². The molecule has 2 aromatic carbocycles. The quantitative estimate of drug-likeness (QED) is 0.574. The molecular formula is C22H23N4OPS. The molecule has 2 aliphatic rings. The van der Waals surface area contributed by atoms with Gasteiger partial charge in [0.05, 0.1) is 11.4 Å². The zero-order valence-electron chi connectivity index (χ0n) is 16.4. The van der Waals surface area contributed by atoms with Gasteiger partial charge in [-0.05, 0) is 55.8 Å². The van der Waals surface area contributed by atoms with E-state index in [4.69, 9.17) is 26.4 Å². The molecule has 0 spiro atoms. The number of aliphatic imine (C=N–C) groups is 1. The average molecular weight is 422 g/mol. The molecule has 5 nitrogen and oxygen atoms in total. The van der Waals surface area contributed by atoms with Crippen LogP contribution in [0.5, 0.6) is 0 Å². The van der Waals surface area contributed by atoms with Gasteiger partial charge in [-0.2, -0.15) is 10.1 Å². The second-order valence-electron chi connectivity index (χ2n) is 7.41. The molecule has 1 aromatic heterocycles. The molecule has 29 heavy (non-hydrogen) atoms. The van der Waals surface area contributed by atoms with E-state index in [1.165, 1.54) is 6.42 Å². The molecule has 3 aromatic rings. The molecule has 0 radical (unpaired) electrons. The fourth-order valence-electron chi connectivity index (χ4n) is 4.00. The van der Waals surface area contributed by atoms with E-state index in [0.29, 0.717) is 5.90 Å². The molecule has 7 heteroatoms. The first-order chi connectivity index (χ1) is 14.2. The van der Waals surface area contributed by atoms with Crippen LogP contribution in [0.15, 0.2) is 65.7 Å². The zero-order chi connectivity index (χ0) is 19.8. The Morgan fingerprint density at radius 1 is 0.931 bits per heavy atom. The van der Waals surface area contributed by atoms with Crippen molar-refractivity contribution in [1.29, 1.82) is 0 Å². The summed E-state index contributed by atoms with van der Waals surface area (Å²) in [6.45, 7) is 3.96. The summed E-state index contributed by atoms with van der Waals surface area (Å²) in [6, 6.07) is 20.2. The van der Waals surface area contributed by atoms with E-state index >= 15 is 0 Å². The molecule has 1 atom stereocenters. The van der Waals surface area contributed by atoms with E-state index in [1.54, 1.807) is 0 Å². The Bertz CT molecular complexity index is 1100. The van der Waals surface area contributed by atoms with Gasteiger partial charge in [0.2, 0.25) is 12.3 Å². The van der Waals surface area contributed by atoms with Crippen molar-refractivity contribution in [2.45, 2.75) is 26.2 Å². The Morgan fingerprint density at radius 2 is 1.59 bits per heavy atom. The van der Waals surface area contributed by atoms with Gasteiger partial charge >= 0.3 is 0 Å². The summed E-state index contributed by atoms with van der Waals surface area (Å²) in [4.78, 5) is 4.93. The highest BCUT2D eigenvalue weighted by Gasteiger charge is 2.41. The van der Waals surface area contributed by atoms with Crippen LogP contribution in [0.25, 0.3) is 5.69 Å². The number of fused-ring (bicyclic) bond motifs is 1. The lowest BCUT2D eigenvalue weighted by molar-refractivity contribution is 0.345. The Morgan fingerprint density at radius 3 is 2.28 bits per heavy atom. The van der Waals surface area contributed by atoms with Gasteiger partial charge < -0.3 is 4.52 Å². The van der Waals surface area contributed by atoms with Crippen LogP contribution in [0.2, 0.25) is 0 Å². The highest BCUT2D eigenvalue weighted by Crippen LogP contribution is 2.57. The van der Waals surface area contributed by atoms with Crippen LogP contribution in [0.4, 0.5) is 5.82 Å². The molecule has 0 N–H and O–H groups in total. The largest absolute Gasteiger partial charge is 0.431 e. The molecule has 1 unspecified atom stereocenters. The molecular weight excluding hydrogens is 399 g/mol. The first-order valence-electron chi connectivity index (χ1n) is 10.0. The summed E-state index contributed by atoms with van der Waals surface area (Å²) < 4.78 is 10.9. The van der Waals surface area contributed by atoms with Crippen LogP contribution in [-0.2, 0) is 16.3 Å². The summed E-state index contributed by atoms with van der Waals surface area (Å²) in [5.74, 6) is 1.41. The topological polar surface area (TPSA) is 42.7 Å². The van der Waals surface area contributed by atoms with Crippen molar-refractivity contribution >= 4 is 35.2 Å². The van der Waals surface area contributed by atoms with Gasteiger partial charge in [0, 0.05) is 18.7 Å². The predicted molar refractivity (Wildman–Crippen MR) is 121 cm³/mol. The van der Waals surface area contributed by atoms with Gasteiger partial charge in [-0.25, -0.2) is 9.35 Å². The van der Waals surface area contributed by atoms with Crippen molar-refractivity contribution in [2.24, 2.45) is 4.99 Å². The Kier molecular flexibility index (Phi) is 4.86. The smallest absolute Gasteiger partial charge is 0.227 e. The minimum absolute atomic E-state index is 0.601. The van der Waals surface area contributed by atoms with Gasteiger partial charge in [-0.3, -0.25) is 0 Å². The van der Waals surface area contributed by atoms with E-state index < -0.39 is 6.42 Å². The van der Waals surface area contributed by atoms with Crippen LogP contribution in [0.1, 0.15) is 30.5 Å². The van der Waals surface area contributed by atoms with Crippen molar-refractivity contribution < 1.29 is 4.52 Å². The molecule has 5 rings (SSSR count). The van der Waals surface area contributed by atoms with E-state index in [9.17, 15) is 0 Å². The number of nitrogens with zero attached hydrogens (tertiary/aromatic N) is 4. The van der Waals surface area contributed by atoms with Crippen LogP contribution >= 0.6 is 6.42 Å². The van der Waals surface area contributed by atoms with Crippen molar-refractivity contribution in [3.05, 3.63) is 71.9 Å². The number of hydrogen-bond donors (Lipinski definition) is 0. The summed E-state index contributed by atoms with van der Waals surface area (Å²) in [6.07, 6.45) is 1.07. The number of benzene rings is 2. The van der Waals surface area contributed by atoms with E-state index in [1.807, 2.05) is 72.3 Å². The molecule has 1 saturated heterocycles. The SMILES string of the molecule is Cc1nn(-c2ccccc2)c2c1P(=S)(N1CCCCC1)OC(c1ccccc1)=N2. The standard InChI is InChI=1S/C22H23N4OPS/c1-17-20-21(26(24-17)19-13-7-3-8-14-19)23-22(18-11-5-2-6-12-18)27-28(20,29)25-15-9-4-10-16-25/h2-3,5-8,11-14H,4,9-10,15-16H2,1H3. The van der Waals surface area contributed by atoms with Crippen molar-refractivity contribution in [3.8, 4) is 5.69 Å². The minimum Gasteiger partial charge on any atom is -0.431 e. The first-order valence-corrected chi connectivity index (χ1v) is 12.7. The summed E-state index contributed by atoms with van der Waals surface area (Å²) in [7, 11) is 0. The lowest BCUT2D eigenvalue weighted by Gasteiger charge is -2.38. The number of piperidine rings is 1. The molecule has 3 heterocycles. The Labute approximate surface area is 176 Å². The van der Waals surface area contributed by atoms with Crippen LogP contribution in [0.3, 0.4) is 0 Å². The van der Waals surface area contributed by atoms with Crippen LogP contribution < -0.4 is 5.30 Å². The van der Waals surface area contributed by atoms with Crippen molar-refractivity contribution in [1.82, 2.24) is 14.5 Å². The highest BCUT2D eigenvalue weighted by molar-refractivity contribution is 8.15. The minimum atomic E-state index is -2.49. The lowest BCUT2D eigenvalue weighted by Crippen LogP contribution is -2.35. The second-order valence-corrected chi connectivity index (χ2v) is 11.1. The van der Waals surface area contributed by atoms with Crippen LogP contribution in [-0.4, -0.2) is 33.4 Å². The van der Waals surface area contributed by atoms with Gasteiger partial charge in [-0.1, -0.05) is 42.8 Å². The molecule has 1 fully saturated rings. The maximum atomic E-state index is 6.60.